The van der Waals surface area contributed by atoms with Crippen molar-refractivity contribution in [2.75, 3.05) is 26.2 Å². The van der Waals surface area contributed by atoms with Crippen LogP contribution < -0.4 is 5.32 Å². The first-order chi connectivity index (χ1) is 4.84. The van der Waals surface area contributed by atoms with Crippen molar-refractivity contribution in [1.29, 1.82) is 0 Å². The normalized spacial score (nSPS) is 26.2. The number of rotatable bonds is 2. The topological polar surface area (TPSA) is 15.3 Å². The van der Waals surface area contributed by atoms with Gasteiger partial charge in [0.05, 0.1) is 0 Å². The molecule has 0 bridgehead atoms. The Morgan fingerprint density at radius 3 is 2.82 bits per heavy atom. The maximum atomic E-state index is 3.38. The van der Waals surface area contributed by atoms with Crippen molar-refractivity contribution < 1.29 is 0 Å². The van der Waals surface area contributed by atoms with Crippen molar-refractivity contribution in [2.24, 2.45) is 0 Å². The maximum Gasteiger partial charge on any atom is 0.0192 e. The van der Waals surface area contributed by atoms with Crippen molar-refractivity contribution in [3.8, 4) is 0 Å². The molecule has 3 heteroatoms. The number of hydrogen-bond acceptors (Lipinski definition) is 2. The Kier molecular flexibility index (Phi) is 5.92. The number of hydrogen-bond donors (Lipinski definition) is 1. The minimum absolute atomic E-state index is 0. The zero-order chi connectivity index (χ0) is 7.40. The molecule has 1 heterocycles. The largest absolute Gasteiger partial charge is 0.314 e. The molecule has 1 aliphatic heterocycles. The van der Waals surface area contributed by atoms with Gasteiger partial charge in [-0.1, -0.05) is 6.92 Å². The molecule has 0 aromatic heterocycles. The highest BCUT2D eigenvalue weighted by Crippen LogP contribution is 2.01. The fourth-order valence-electron chi connectivity index (χ4n) is 1.50. The summed E-state index contributed by atoms with van der Waals surface area (Å²) in [5, 5.41) is 3.38. The van der Waals surface area contributed by atoms with Crippen molar-refractivity contribution in [1.82, 2.24) is 10.2 Å². The van der Waals surface area contributed by atoms with Crippen LogP contribution in [-0.4, -0.2) is 37.1 Å². The van der Waals surface area contributed by atoms with Gasteiger partial charge in [0.15, 0.2) is 0 Å². The van der Waals surface area contributed by atoms with E-state index in [4.69, 9.17) is 0 Å². The summed E-state index contributed by atoms with van der Waals surface area (Å²) in [7, 11) is 0. The first kappa shape index (κ1) is 11.2. The monoisotopic (exact) mass is 178 g/mol. The minimum atomic E-state index is 0. The van der Waals surface area contributed by atoms with E-state index in [2.05, 4.69) is 24.1 Å². The van der Waals surface area contributed by atoms with Gasteiger partial charge in [0.25, 0.3) is 0 Å². The van der Waals surface area contributed by atoms with E-state index < -0.39 is 0 Å². The van der Waals surface area contributed by atoms with Gasteiger partial charge in [0.1, 0.15) is 0 Å². The van der Waals surface area contributed by atoms with Gasteiger partial charge in [-0.25, -0.2) is 0 Å². The summed E-state index contributed by atoms with van der Waals surface area (Å²) in [6, 6.07) is 0.744. The average molecular weight is 179 g/mol. The van der Waals surface area contributed by atoms with E-state index in [0.29, 0.717) is 0 Å². The quantitative estimate of drug-likeness (QED) is 0.682. The van der Waals surface area contributed by atoms with Crippen molar-refractivity contribution >= 4 is 12.4 Å². The molecule has 0 aromatic carbocycles. The third kappa shape index (κ3) is 3.41. The molecule has 1 atom stereocenters. The minimum Gasteiger partial charge on any atom is -0.314 e. The lowest BCUT2D eigenvalue weighted by atomic mass is 10.2. The smallest absolute Gasteiger partial charge is 0.0192 e. The molecule has 0 aliphatic carbocycles. The summed E-state index contributed by atoms with van der Waals surface area (Å²) in [5.74, 6) is 0. The van der Waals surface area contributed by atoms with E-state index in [0.717, 1.165) is 6.04 Å². The van der Waals surface area contributed by atoms with Gasteiger partial charge in [0, 0.05) is 25.7 Å². The van der Waals surface area contributed by atoms with Gasteiger partial charge in [-0.15, -0.1) is 12.4 Å². The first-order valence-electron chi connectivity index (χ1n) is 4.29. The zero-order valence-electron chi connectivity index (χ0n) is 7.47. The molecular weight excluding hydrogens is 160 g/mol. The second kappa shape index (κ2) is 5.81. The first-order valence-corrected chi connectivity index (χ1v) is 4.29. The van der Waals surface area contributed by atoms with Crippen LogP contribution in [0.25, 0.3) is 0 Å². The third-order valence-corrected chi connectivity index (χ3v) is 2.15. The summed E-state index contributed by atoms with van der Waals surface area (Å²) in [6.07, 6.45) is 1.28. The highest BCUT2D eigenvalue weighted by molar-refractivity contribution is 5.85. The van der Waals surface area contributed by atoms with Crippen LogP contribution in [0.2, 0.25) is 0 Å². The van der Waals surface area contributed by atoms with Crippen LogP contribution in [0.3, 0.4) is 0 Å². The highest BCUT2D eigenvalue weighted by Gasteiger charge is 2.15. The van der Waals surface area contributed by atoms with Crippen LogP contribution in [0.4, 0.5) is 0 Å². The molecule has 1 aliphatic rings. The van der Waals surface area contributed by atoms with Gasteiger partial charge in [-0.2, -0.15) is 0 Å². The Hall–Kier alpha value is 0.210. The Labute approximate surface area is 75.8 Å². The Morgan fingerprint density at radius 2 is 2.27 bits per heavy atom. The molecule has 2 nitrogen and oxygen atoms in total. The van der Waals surface area contributed by atoms with Crippen LogP contribution in [-0.2, 0) is 0 Å². The molecule has 0 amide bonds. The lowest BCUT2D eigenvalue weighted by molar-refractivity contribution is 0.174. The fraction of sp³-hybridized carbons (Fsp3) is 1.00. The van der Waals surface area contributed by atoms with Crippen molar-refractivity contribution in [2.45, 2.75) is 26.3 Å². The predicted molar refractivity (Wildman–Crippen MR) is 51.4 cm³/mol. The van der Waals surface area contributed by atoms with Crippen LogP contribution in [0.5, 0.6) is 0 Å². The molecule has 0 spiro atoms. The molecule has 0 aromatic rings. The maximum absolute atomic E-state index is 3.38. The molecule has 11 heavy (non-hydrogen) atoms. The van der Waals surface area contributed by atoms with Crippen LogP contribution in [0.1, 0.15) is 20.3 Å². The number of nitrogens with zero attached hydrogens (tertiary/aromatic N) is 1. The van der Waals surface area contributed by atoms with E-state index >= 15 is 0 Å². The molecule has 1 saturated heterocycles. The molecule has 0 radical (unpaired) electrons. The summed E-state index contributed by atoms with van der Waals surface area (Å²) in [6.45, 7) is 9.37. The number of halogens is 1. The molecule has 1 N–H and O–H groups in total. The second-order valence-corrected chi connectivity index (χ2v) is 3.09. The second-order valence-electron chi connectivity index (χ2n) is 3.09. The van der Waals surface area contributed by atoms with Gasteiger partial charge < -0.3 is 5.32 Å². The van der Waals surface area contributed by atoms with E-state index in [-0.39, 0.29) is 12.4 Å². The average Bonchev–Trinajstić information content (AvgIpc) is 1.94. The van der Waals surface area contributed by atoms with E-state index in [1.807, 2.05) is 0 Å². The van der Waals surface area contributed by atoms with Gasteiger partial charge in [-0.05, 0) is 19.9 Å². The van der Waals surface area contributed by atoms with Gasteiger partial charge in [0.2, 0.25) is 0 Å². The molecule has 1 fully saturated rings. The SMILES string of the molecule is CCCN1CCNC[C@@H]1C.Cl. The van der Waals surface area contributed by atoms with Crippen LogP contribution in [0, 0.1) is 0 Å². The highest BCUT2D eigenvalue weighted by atomic mass is 35.5. The Morgan fingerprint density at radius 1 is 1.55 bits per heavy atom. The van der Waals surface area contributed by atoms with E-state index in [9.17, 15) is 0 Å². The number of nitrogens with one attached hydrogen (secondary N) is 1. The standard InChI is InChI=1S/C8H18N2.ClH/c1-3-5-10-6-4-9-7-8(10)2;/h8-9H,3-7H2,1-2H3;1H/t8-;/m0./s1. The molecule has 1 rings (SSSR count). The molecule has 0 unspecified atom stereocenters. The molecular formula is C8H19ClN2. The number of piperazine rings is 1. The zero-order valence-corrected chi connectivity index (χ0v) is 8.28. The molecule has 0 saturated carbocycles. The summed E-state index contributed by atoms with van der Waals surface area (Å²) >= 11 is 0. The third-order valence-electron chi connectivity index (χ3n) is 2.15. The van der Waals surface area contributed by atoms with Crippen LogP contribution in [0.15, 0.2) is 0 Å². The van der Waals surface area contributed by atoms with Gasteiger partial charge >= 0.3 is 0 Å². The van der Waals surface area contributed by atoms with Gasteiger partial charge in [-0.3, -0.25) is 4.90 Å². The van der Waals surface area contributed by atoms with E-state index in [1.54, 1.807) is 0 Å². The molecule has 68 valence electrons. The lowest BCUT2D eigenvalue weighted by Crippen LogP contribution is -2.49. The Bertz CT molecular complexity index is 96.1. The van der Waals surface area contributed by atoms with Crippen molar-refractivity contribution in [3.63, 3.8) is 0 Å². The van der Waals surface area contributed by atoms with E-state index in [1.165, 1.54) is 32.6 Å². The predicted octanol–water partition coefficient (Wildman–Crippen LogP) is 1.11. The fourth-order valence-corrected chi connectivity index (χ4v) is 1.50. The van der Waals surface area contributed by atoms with Crippen LogP contribution >= 0.6 is 12.4 Å². The lowest BCUT2D eigenvalue weighted by Gasteiger charge is -2.33. The van der Waals surface area contributed by atoms with Crippen molar-refractivity contribution in [3.05, 3.63) is 0 Å². The summed E-state index contributed by atoms with van der Waals surface area (Å²) in [4.78, 5) is 2.55. The summed E-state index contributed by atoms with van der Waals surface area (Å²) in [5.41, 5.74) is 0. The Balaban J connectivity index is 0.000001000. The summed E-state index contributed by atoms with van der Waals surface area (Å²) < 4.78 is 0.